The van der Waals surface area contributed by atoms with Gasteiger partial charge < -0.3 is 4.74 Å². The number of nitrogens with two attached hydrogens (primary N) is 1. The highest BCUT2D eigenvalue weighted by atomic mass is 19.1. The van der Waals surface area contributed by atoms with Crippen LogP contribution in [0.1, 0.15) is 25.8 Å². The Labute approximate surface area is 106 Å². The second kappa shape index (κ2) is 6.22. The first-order chi connectivity index (χ1) is 8.46. The zero-order valence-electron chi connectivity index (χ0n) is 11.0. The van der Waals surface area contributed by atoms with Crippen LogP contribution in [0.5, 0.6) is 0 Å². The lowest BCUT2D eigenvalue weighted by molar-refractivity contribution is -0.0290. The van der Waals surface area contributed by atoms with Crippen LogP contribution < -0.4 is 11.3 Å². The van der Waals surface area contributed by atoms with Crippen LogP contribution in [0.3, 0.4) is 0 Å². The second-order valence-corrected chi connectivity index (χ2v) is 4.53. The quantitative estimate of drug-likeness (QED) is 0.607. The Balaban J connectivity index is 2.95. The third-order valence-corrected chi connectivity index (χ3v) is 3.54. The second-order valence-electron chi connectivity index (χ2n) is 4.53. The molecule has 3 N–H and O–H groups in total. The fraction of sp³-hybridized carbons (Fsp3) is 0.538. The summed E-state index contributed by atoms with van der Waals surface area (Å²) in [6.45, 7) is 3.84. The Kier molecular flexibility index (Phi) is 5.19. The van der Waals surface area contributed by atoms with Crippen molar-refractivity contribution in [3.63, 3.8) is 0 Å². The Morgan fingerprint density at radius 2 is 2.11 bits per heavy atom. The maximum absolute atomic E-state index is 13.6. The summed E-state index contributed by atoms with van der Waals surface area (Å²) in [7, 11) is 1.58. The van der Waals surface area contributed by atoms with E-state index in [2.05, 4.69) is 5.43 Å². The summed E-state index contributed by atoms with van der Waals surface area (Å²) in [6.07, 6.45) is 0.966. The molecule has 0 radical (unpaired) electrons. The number of ether oxygens (including phenoxy) is 1. The summed E-state index contributed by atoms with van der Waals surface area (Å²) >= 11 is 0. The molecule has 0 aromatic heterocycles. The molecule has 3 nitrogen and oxygen atoms in total. The van der Waals surface area contributed by atoms with Crippen molar-refractivity contribution in [3.05, 3.63) is 35.4 Å². The molecule has 5 heteroatoms. The zero-order chi connectivity index (χ0) is 13.8. The van der Waals surface area contributed by atoms with E-state index in [-0.39, 0.29) is 18.0 Å². The molecule has 0 saturated heterocycles. The minimum atomic E-state index is -0.534. The van der Waals surface area contributed by atoms with Gasteiger partial charge in [-0.3, -0.25) is 11.3 Å². The largest absolute Gasteiger partial charge is 0.377 e. The van der Waals surface area contributed by atoms with E-state index in [4.69, 9.17) is 10.6 Å². The number of hydrogen-bond donors (Lipinski definition) is 2. The first kappa shape index (κ1) is 15.0. The fourth-order valence-corrected chi connectivity index (χ4v) is 1.90. The van der Waals surface area contributed by atoms with Gasteiger partial charge in [-0.2, -0.15) is 0 Å². The van der Waals surface area contributed by atoms with Crippen molar-refractivity contribution in [3.8, 4) is 0 Å². The third-order valence-electron chi connectivity index (χ3n) is 3.54. The van der Waals surface area contributed by atoms with E-state index in [1.54, 1.807) is 7.11 Å². The highest BCUT2D eigenvalue weighted by molar-refractivity contribution is 5.20. The van der Waals surface area contributed by atoms with Gasteiger partial charge in [0.15, 0.2) is 0 Å². The number of halogens is 2. The molecule has 0 heterocycles. The van der Waals surface area contributed by atoms with Crippen LogP contribution in [0, 0.1) is 11.6 Å². The van der Waals surface area contributed by atoms with Crippen LogP contribution in [-0.4, -0.2) is 18.8 Å². The predicted octanol–water partition coefficient (Wildman–Crippen LogP) is 2.15. The first-order valence-corrected chi connectivity index (χ1v) is 5.92. The highest BCUT2D eigenvalue weighted by Crippen LogP contribution is 2.23. The molecule has 0 aliphatic carbocycles. The average molecular weight is 258 g/mol. The molecule has 0 bridgehead atoms. The molecule has 102 valence electrons. The molecule has 1 aromatic carbocycles. The van der Waals surface area contributed by atoms with Crippen molar-refractivity contribution in [2.75, 3.05) is 7.11 Å². The standard InChI is InChI=1S/C13H20F2N2O/c1-4-13(2,18-3)12(17-16)8-9-7-10(14)5-6-11(9)15/h5-7,12,17H,4,8,16H2,1-3H3. The molecule has 18 heavy (non-hydrogen) atoms. The molecule has 1 rings (SSSR count). The van der Waals surface area contributed by atoms with E-state index < -0.39 is 17.2 Å². The Hall–Kier alpha value is -1.04. The van der Waals surface area contributed by atoms with Gasteiger partial charge in [0, 0.05) is 7.11 Å². The van der Waals surface area contributed by atoms with Crippen LogP contribution in [0.25, 0.3) is 0 Å². The van der Waals surface area contributed by atoms with Crippen LogP contribution in [0.2, 0.25) is 0 Å². The molecule has 0 amide bonds. The minimum absolute atomic E-state index is 0.262. The van der Waals surface area contributed by atoms with Gasteiger partial charge in [0.05, 0.1) is 11.6 Å². The molecule has 0 aliphatic heterocycles. The van der Waals surface area contributed by atoms with Gasteiger partial charge in [0.1, 0.15) is 11.6 Å². The first-order valence-electron chi connectivity index (χ1n) is 5.92. The molecule has 1 aromatic rings. The highest BCUT2D eigenvalue weighted by Gasteiger charge is 2.32. The van der Waals surface area contributed by atoms with Gasteiger partial charge in [-0.15, -0.1) is 0 Å². The summed E-state index contributed by atoms with van der Waals surface area (Å²) in [5.41, 5.74) is 2.38. The molecule has 2 atom stereocenters. The number of hydrazine groups is 1. The molecular weight excluding hydrogens is 238 g/mol. The predicted molar refractivity (Wildman–Crippen MR) is 66.9 cm³/mol. The lowest BCUT2D eigenvalue weighted by atomic mass is 9.88. The summed E-state index contributed by atoms with van der Waals surface area (Å²) < 4.78 is 32.1. The maximum atomic E-state index is 13.6. The molecular formula is C13H20F2N2O. The van der Waals surface area contributed by atoms with E-state index in [9.17, 15) is 8.78 Å². The Morgan fingerprint density at radius 3 is 2.61 bits per heavy atom. The van der Waals surface area contributed by atoms with Crippen LogP contribution in [0.4, 0.5) is 8.78 Å². The molecule has 0 fully saturated rings. The summed E-state index contributed by atoms with van der Waals surface area (Å²) in [6, 6.07) is 3.10. The van der Waals surface area contributed by atoms with Gasteiger partial charge in [0.25, 0.3) is 0 Å². The monoisotopic (exact) mass is 258 g/mol. The maximum Gasteiger partial charge on any atom is 0.126 e. The van der Waals surface area contributed by atoms with Crippen LogP contribution in [-0.2, 0) is 11.2 Å². The molecule has 2 unspecified atom stereocenters. The van der Waals surface area contributed by atoms with Crippen molar-refractivity contribution in [2.24, 2.45) is 5.84 Å². The summed E-state index contributed by atoms with van der Waals surface area (Å²) in [4.78, 5) is 0. The van der Waals surface area contributed by atoms with E-state index in [1.165, 1.54) is 6.07 Å². The van der Waals surface area contributed by atoms with Crippen molar-refractivity contribution in [1.29, 1.82) is 0 Å². The third kappa shape index (κ3) is 3.25. The molecule has 0 spiro atoms. The summed E-state index contributed by atoms with van der Waals surface area (Å²) in [5.74, 6) is 4.60. The van der Waals surface area contributed by atoms with Crippen molar-refractivity contribution >= 4 is 0 Å². The van der Waals surface area contributed by atoms with Crippen molar-refractivity contribution in [1.82, 2.24) is 5.43 Å². The lowest BCUT2D eigenvalue weighted by Gasteiger charge is -2.35. The minimum Gasteiger partial charge on any atom is -0.377 e. The van der Waals surface area contributed by atoms with E-state index >= 15 is 0 Å². The van der Waals surface area contributed by atoms with Crippen LogP contribution >= 0.6 is 0 Å². The van der Waals surface area contributed by atoms with E-state index in [0.717, 1.165) is 12.1 Å². The molecule has 0 aliphatic rings. The number of benzene rings is 1. The van der Waals surface area contributed by atoms with Gasteiger partial charge in [-0.1, -0.05) is 6.92 Å². The van der Waals surface area contributed by atoms with Gasteiger partial charge in [-0.25, -0.2) is 8.78 Å². The van der Waals surface area contributed by atoms with E-state index in [1.807, 2.05) is 13.8 Å². The number of rotatable bonds is 6. The number of methoxy groups -OCH3 is 1. The topological polar surface area (TPSA) is 47.3 Å². The molecule has 0 saturated carbocycles. The number of nitrogens with one attached hydrogen (secondary N) is 1. The Morgan fingerprint density at radius 1 is 1.44 bits per heavy atom. The SMILES string of the molecule is CCC(C)(OC)C(Cc1cc(F)ccc1F)NN. The summed E-state index contributed by atoms with van der Waals surface area (Å²) in [5, 5.41) is 0. The zero-order valence-corrected chi connectivity index (χ0v) is 11.0. The average Bonchev–Trinajstić information content (AvgIpc) is 2.38. The fourth-order valence-electron chi connectivity index (χ4n) is 1.90. The van der Waals surface area contributed by atoms with Crippen molar-refractivity contribution < 1.29 is 13.5 Å². The van der Waals surface area contributed by atoms with Gasteiger partial charge >= 0.3 is 0 Å². The Bertz CT molecular complexity index is 395. The van der Waals surface area contributed by atoms with Gasteiger partial charge in [0.2, 0.25) is 0 Å². The normalized spacial score (nSPS) is 16.3. The smallest absolute Gasteiger partial charge is 0.126 e. The van der Waals surface area contributed by atoms with Crippen LogP contribution in [0.15, 0.2) is 18.2 Å². The van der Waals surface area contributed by atoms with Crippen molar-refractivity contribution in [2.45, 2.75) is 38.3 Å². The number of hydrogen-bond acceptors (Lipinski definition) is 3. The van der Waals surface area contributed by atoms with E-state index in [0.29, 0.717) is 6.42 Å². The lowest BCUT2D eigenvalue weighted by Crippen LogP contribution is -2.53. The van der Waals surface area contributed by atoms with Gasteiger partial charge in [-0.05, 0) is 43.5 Å².